The van der Waals surface area contributed by atoms with Crippen molar-refractivity contribution in [1.29, 1.82) is 0 Å². The zero-order valence-corrected chi connectivity index (χ0v) is 21.0. The number of benzene rings is 3. The van der Waals surface area contributed by atoms with E-state index in [9.17, 15) is 4.79 Å². The molecule has 8 heteroatoms. The van der Waals surface area contributed by atoms with Crippen LogP contribution in [0.2, 0.25) is 5.02 Å². The monoisotopic (exact) mass is 502 g/mol. The van der Waals surface area contributed by atoms with E-state index in [0.29, 0.717) is 37.6 Å². The maximum atomic E-state index is 13.8. The van der Waals surface area contributed by atoms with Crippen LogP contribution >= 0.6 is 11.6 Å². The minimum absolute atomic E-state index is 0.0636. The van der Waals surface area contributed by atoms with Gasteiger partial charge in [0.1, 0.15) is 17.2 Å². The highest BCUT2D eigenvalue weighted by molar-refractivity contribution is 6.33. The standard InChI is InChI=1S/C28H27ClN4O3/c1-35-22-12-10-21(11-13-22)33-27(19-25(30-33)20-6-5-7-23(18-20)36-2)28(34)32-16-14-31(15-17-32)26-9-4-3-8-24(26)29/h3-13,18-19H,14-17H2,1-2H3. The number of halogens is 1. The average molecular weight is 503 g/mol. The fourth-order valence-corrected chi connectivity index (χ4v) is 4.65. The number of anilines is 1. The maximum Gasteiger partial charge on any atom is 0.272 e. The highest BCUT2D eigenvalue weighted by atomic mass is 35.5. The van der Waals surface area contributed by atoms with E-state index < -0.39 is 0 Å². The summed E-state index contributed by atoms with van der Waals surface area (Å²) in [5.41, 5.74) is 3.85. The van der Waals surface area contributed by atoms with Crippen LogP contribution in [0.1, 0.15) is 10.5 Å². The number of amides is 1. The average Bonchev–Trinajstić information content (AvgIpc) is 3.39. The number of ether oxygens (including phenoxy) is 2. The number of aromatic nitrogens is 2. The highest BCUT2D eigenvalue weighted by Crippen LogP contribution is 2.28. The van der Waals surface area contributed by atoms with Crippen LogP contribution < -0.4 is 14.4 Å². The molecule has 1 saturated heterocycles. The lowest BCUT2D eigenvalue weighted by molar-refractivity contribution is 0.0737. The Morgan fingerprint density at radius 3 is 2.25 bits per heavy atom. The van der Waals surface area contributed by atoms with Gasteiger partial charge in [0.2, 0.25) is 0 Å². The number of piperazine rings is 1. The first-order valence-electron chi connectivity index (χ1n) is 11.7. The number of hydrogen-bond donors (Lipinski definition) is 0. The predicted octanol–water partition coefficient (Wildman–Crippen LogP) is 5.17. The first-order chi connectivity index (χ1) is 17.6. The first-order valence-corrected chi connectivity index (χ1v) is 12.1. The van der Waals surface area contributed by atoms with Crippen LogP contribution in [-0.4, -0.2) is 61.0 Å². The van der Waals surface area contributed by atoms with Gasteiger partial charge in [-0.1, -0.05) is 35.9 Å². The summed E-state index contributed by atoms with van der Waals surface area (Å²) in [6, 6.07) is 24.8. The Labute approximate surface area is 215 Å². The van der Waals surface area contributed by atoms with Crippen molar-refractivity contribution in [2.24, 2.45) is 0 Å². The Kier molecular flexibility index (Phi) is 6.82. The lowest BCUT2D eigenvalue weighted by Gasteiger charge is -2.36. The zero-order chi connectivity index (χ0) is 25.1. The highest BCUT2D eigenvalue weighted by Gasteiger charge is 2.27. The topological polar surface area (TPSA) is 59.8 Å². The minimum atomic E-state index is -0.0636. The van der Waals surface area contributed by atoms with Gasteiger partial charge in [-0.25, -0.2) is 4.68 Å². The van der Waals surface area contributed by atoms with Gasteiger partial charge in [0, 0.05) is 31.7 Å². The number of para-hydroxylation sites is 1. The van der Waals surface area contributed by atoms with Crippen LogP contribution in [0.5, 0.6) is 11.5 Å². The molecule has 5 rings (SSSR count). The summed E-state index contributed by atoms with van der Waals surface area (Å²) in [7, 11) is 3.26. The van der Waals surface area contributed by atoms with Crippen molar-refractivity contribution in [3.8, 4) is 28.4 Å². The van der Waals surface area contributed by atoms with Crippen LogP contribution in [0, 0.1) is 0 Å². The van der Waals surface area contributed by atoms with Gasteiger partial charge in [-0.2, -0.15) is 5.10 Å². The molecule has 0 N–H and O–H groups in total. The molecule has 1 aromatic heterocycles. The lowest BCUT2D eigenvalue weighted by Crippen LogP contribution is -2.49. The zero-order valence-electron chi connectivity index (χ0n) is 20.2. The van der Waals surface area contributed by atoms with E-state index in [1.165, 1.54) is 0 Å². The molecule has 2 heterocycles. The van der Waals surface area contributed by atoms with Crippen molar-refractivity contribution in [2.45, 2.75) is 0 Å². The van der Waals surface area contributed by atoms with E-state index in [0.717, 1.165) is 33.5 Å². The van der Waals surface area contributed by atoms with E-state index in [1.54, 1.807) is 18.9 Å². The molecule has 1 aliphatic rings. The fraction of sp³-hybridized carbons (Fsp3) is 0.214. The van der Waals surface area contributed by atoms with Crippen molar-refractivity contribution in [3.63, 3.8) is 0 Å². The predicted molar refractivity (Wildman–Crippen MR) is 142 cm³/mol. The smallest absolute Gasteiger partial charge is 0.272 e. The summed E-state index contributed by atoms with van der Waals surface area (Å²) in [6.07, 6.45) is 0. The maximum absolute atomic E-state index is 13.8. The summed E-state index contributed by atoms with van der Waals surface area (Å²) in [5.74, 6) is 1.41. The molecule has 0 bridgehead atoms. The minimum Gasteiger partial charge on any atom is -0.497 e. The van der Waals surface area contributed by atoms with E-state index in [-0.39, 0.29) is 5.91 Å². The SMILES string of the molecule is COc1ccc(-n2nc(-c3cccc(OC)c3)cc2C(=O)N2CCN(c3ccccc3Cl)CC2)cc1. The largest absolute Gasteiger partial charge is 0.497 e. The molecule has 1 amide bonds. The molecule has 1 aliphatic heterocycles. The van der Waals surface area contributed by atoms with Gasteiger partial charge in [0.25, 0.3) is 5.91 Å². The molecule has 0 spiro atoms. The van der Waals surface area contributed by atoms with Crippen LogP contribution in [0.3, 0.4) is 0 Å². The Morgan fingerprint density at radius 2 is 1.56 bits per heavy atom. The Bertz CT molecular complexity index is 1360. The van der Waals surface area contributed by atoms with Gasteiger partial charge in [-0.3, -0.25) is 4.79 Å². The van der Waals surface area contributed by atoms with E-state index in [2.05, 4.69) is 4.90 Å². The van der Waals surface area contributed by atoms with Gasteiger partial charge in [0.05, 0.1) is 36.3 Å². The number of rotatable bonds is 6. The molecule has 4 aromatic rings. The molecule has 0 radical (unpaired) electrons. The molecular weight excluding hydrogens is 476 g/mol. The number of methoxy groups -OCH3 is 2. The van der Waals surface area contributed by atoms with Crippen molar-refractivity contribution in [1.82, 2.24) is 14.7 Å². The van der Waals surface area contributed by atoms with Crippen LogP contribution in [-0.2, 0) is 0 Å². The third kappa shape index (κ3) is 4.75. The molecule has 3 aromatic carbocycles. The first kappa shape index (κ1) is 23.8. The number of carbonyl (C=O) groups is 1. The lowest BCUT2D eigenvalue weighted by atomic mass is 10.1. The fourth-order valence-electron chi connectivity index (χ4n) is 4.40. The summed E-state index contributed by atoms with van der Waals surface area (Å²) in [5, 5.41) is 5.54. The van der Waals surface area contributed by atoms with E-state index in [4.69, 9.17) is 26.2 Å². The number of nitrogens with zero attached hydrogens (tertiary/aromatic N) is 4. The second kappa shape index (κ2) is 10.3. The summed E-state index contributed by atoms with van der Waals surface area (Å²) >= 11 is 6.39. The van der Waals surface area contributed by atoms with Gasteiger partial charge in [0.15, 0.2) is 0 Å². The quantitative estimate of drug-likeness (QED) is 0.364. The second-order valence-electron chi connectivity index (χ2n) is 8.49. The van der Waals surface area contributed by atoms with Gasteiger partial charge in [-0.15, -0.1) is 0 Å². The Balaban J connectivity index is 1.45. The van der Waals surface area contributed by atoms with Crippen LogP contribution in [0.4, 0.5) is 5.69 Å². The molecule has 0 aliphatic carbocycles. The normalized spacial score (nSPS) is 13.5. The molecule has 0 unspecified atom stereocenters. The van der Waals surface area contributed by atoms with Gasteiger partial charge in [-0.05, 0) is 54.6 Å². The van der Waals surface area contributed by atoms with Gasteiger partial charge < -0.3 is 19.3 Å². The number of hydrogen-bond acceptors (Lipinski definition) is 5. The van der Waals surface area contributed by atoms with Crippen molar-refractivity contribution in [3.05, 3.63) is 89.6 Å². The Hall–Kier alpha value is -3.97. The summed E-state index contributed by atoms with van der Waals surface area (Å²) in [4.78, 5) is 17.9. The van der Waals surface area contributed by atoms with E-state index in [1.807, 2.05) is 83.8 Å². The molecule has 0 atom stereocenters. The third-order valence-corrected chi connectivity index (χ3v) is 6.69. The summed E-state index contributed by atoms with van der Waals surface area (Å²) < 4.78 is 12.4. The molecule has 7 nitrogen and oxygen atoms in total. The third-order valence-electron chi connectivity index (χ3n) is 6.37. The molecule has 0 saturated carbocycles. The number of carbonyl (C=O) groups excluding carboxylic acids is 1. The molecular formula is C28H27ClN4O3. The second-order valence-corrected chi connectivity index (χ2v) is 8.89. The van der Waals surface area contributed by atoms with E-state index >= 15 is 0 Å². The molecule has 36 heavy (non-hydrogen) atoms. The molecule has 184 valence electrons. The van der Waals surface area contributed by atoms with Crippen molar-refractivity contribution >= 4 is 23.2 Å². The van der Waals surface area contributed by atoms with Gasteiger partial charge >= 0.3 is 0 Å². The van der Waals surface area contributed by atoms with Crippen molar-refractivity contribution < 1.29 is 14.3 Å². The van der Waals surface area contributed by atoms with Crippen molar-refractivity contribution in [2.75, 3.05) is 45.3 Å². The summed E-state index contributed by atoms with van der Waals surface area (Å²) in [6.45, 7) is 2.59. The molecule has 1 fully saturated rings. The van der Waals surface area contributed by atoms with Crippen LogP contribution in [0.15, 0.2) is 78.9 Å². The Morgan fingerprint density at radius 1 is 0.833 bits per heavy atom. The van der Waals surface area contributed by atoms with Crippen LogP contribution in [0.25, 0.3) is 16.9 Å².